The van der Waals surface area contributed by atoms with Crippen LogP contribution >= 0.6 is 23.2 Å². The van der Waals surface area contributed by atoms with Crippen LogP contribution in [-0.2, 0) is 15.1 Å². The summed E-state index contributed by atoms with van der Waals surface area (Å²) in [6, 6.07) is 10.3. The lowest BCUT2D eigenvalue weighted by Gasteiger charge is -2.38. The fourth-order valence-electron chi connectivity index (χ4n) is 4.50. The van der Waals surface area contributed by atoms with Gasteiger partial charge >= 0.3 is 0 Å². The van der Waals surface area contributed by atoms with Gasteiger partial charge in [-0.05, 0) is 30.2 Å². The monoisotopic (exact) mass is 408 g/mol. The molecule has 1 amide bonds. The molecule has 0 saturated carbocycles. The molecule has 142 valence electrons. The summed E-state index contributed by atoms with van der Waals surface area (Å²) in [5.74, 6) is -0.999. The number of rotatable bonds is 4. The zero-order valence-corrected chi connectivity index (χ0v) is 16.3. The summed E-state index contributed by atoms with van der Waals surface area (Å²) < 4.78 is 20.2. The molecular formula is C20H19Cl2FN2O2. The van der Waals surface area contributed by atoms with E-state index in [1.54, 1.807) is 31.4 Å². The minimum atomic E-state index is -1.01. The fraction of sp³-hybridized carbons (Fsp3) is 0.350. The molecule has 27 heavy (non-hydrogen) atoms. The molecule has 1 fully saturated rings. The number of hydrogen-bond donors (Lipinski definition) is 1. The molecule has 1 spiro atoms. The molecule has 0 aliphatic carbocycles. The zero-order valence-electron chi connectivity index (χ0n) is 14.8. The topological polar surface area (TPSA) is 41.6 Å². The van der Waals surface area contributed by atoms with Gasteiger partial charge in [0.05, 0.1) is 11.6 Å². The minimum Gasteiger partial charge on any atom is -0.383 e. The predicted molar refractivity (Wildman–Crippen MR) is 104 cm³/mol. The highest BCUT2D eigenvalue weighted by molar-refractivity contribution is 6.31. The van der Waals surface area contributed by atoms with Gasteiger partial charge < -0.3 is 10.1 Å². The summed E-state index contributed by atoms with van der Waals surface area (Å²) in [6.45, 7) is 1.68. The van der Waals surface area contributed by atoms with E-state index < -0.39 is 11.4 Å². The molecule has 0 unspecified atom stereocenters. The maximum absolute atomic E-state index is 14.9. The number of likely N-dealkylation sites (tertiary alicyclic amines) is 1. The molecule has 0 bridgehead atoms. The number of hydrogen-bond acceptors (Lipinski definition) is 3. The molecule has 0 radical (unpaired) electrons. The quantitative estimate of drug-likeness (QED) is 0.813. The van der Waals surface area contributed by atoms with Crippen molar-refractivity contribution in [3.05, 3.63) is 63.4 Å². The van der Waals surface area contributed by atoms with Crippen LogP contribution in [0.25, 0.3) is 0 Å². The molecule has 2 aromatic rings. The van der Waals surface area contributed by atoms with Crippen molar-refractivity contribution in [1.82, 2.24) is 4.90 Å². The molecule has 7 heteroatoms. The van der Waals surface area contributed by atoms with Crippen LogP contribution in [0.4, 0.5) is 10.1 Å². The Morgan fingerprint density at radius 2 is 2.15 bits per heavy atom. The highest BCUT2D eigenvalue weighted by Crippen LogP contribution is 2.55. The third-order valence-electron chi connectivity index (χ3n) is 5.60. The number of fused-ring (bicyclic) bond motifs is 2. The molecule has 2 aliphatic rings. The first kappa shape index (κ1) is 18.7. The summed E-state index contributed by atoms with van der Waals surface area (Å²) in [4.78, 5) is 15.4. The van der Waals surface area contributed by atoms with Gasteiger partial charge in [-0.2, -0.15) is 0 Å². The third kappa shape index (κ3) is 2.76. The average molecular weight is 409 g/mol. The first-order valence-corrected chi connectivity index (χ1v) is 9.55. The number of nitrogens with one attached hydrogen (secondary N) is 1. The Morgan fingerprint density at radius 3 is 2.93 bits per heavy atom. The standard InChI is InChI=1S/C20H19Cl2FN2O2/c1-27-10-9-25-8-7-14(13-3-2-4-16(22)18(13)23)20(25)15-6-5-12(21)11-17(15)24-19(20)26/h2-6,11,14H,7-10H2,1H3,(H,24,26)/t14-,20+/m1/s1. The lowest BCUT2D eigenvalue weighted by molar-refractivity contribution is -0.127. The Hall–Kier alpha value is -1.66. The minimum absolute atomic E-state index is 0.0627. The summed E-state index contributed by atoms with van der Waals surface area (Å²) in [5, 5.41) is 3.55. The van der Waals surface area contributed by atoms with Gasteiger partial charge in [-0.3, -0.25) is 9.69 Å². The van der Waals surface area contributed by atoms with Gasteiger partial charge in [0.1, 0.15) is 11.4 Å². The van der Waals surface area contributed by atoms with Crippen molar-refractivity contribution in [3.63, 3.8) is 0 Å². The number of methoxy groups -OCH3 is 1. The van der Waals surface area contributed by atoms with Gasteiger partial charge in [0.25, 0.3) is 0 Å². The van der Waals surface area contributed by atoms with Crippen LogP contribution in [0.1, 0.15) is 23.5 Å². The summed E-state index contributed by atoms with van der Waals surface area (Å²) in [5.41, 5.74) is 0.934. The van der Waals surface area contributed by atoms with Gasteiger partial charge in [0, 0.05) is 42.4 Å². The lowest BCUT2D eigenvalue weighted by Crippen LogP contribution is -2.50. The summed E-state index contributed by atoms with van der Waals surface area (Å²) in [7, 11) is 1.62. The second kappa shape index (κ2) is 7.06. The van der Waals surface area contributed by atoms with Crippen LogP contribution in [0.5, 0.6) is 0 Å². The average Bonchev–Trinajstić information content (AvgIpc) is 3.15. The first-order valence-electron chi connectivity index (χ1n) is 8.79. The first-order chi connectivity index (χ1) is 13.0. The Morgan fingerprint density at radius 1 is 1.33 bits per heavy atom. The van der Waals surface area contributed by atoms with Crippen LogP contribution in [0, 0.1) is 5.82 Å². The maximum atomic E-state index is 14.9. The summed E-state index contributed by atoms with van der Waals surface area (Å²) >= 11 is 12.2. The molecule has 2 aromatic carbocycles. The molecule has 1 saturated heterocycles. The highest BCUT2D eigenvalue weighted by atomic mass is 35.5. The molecule has 2 aliphatic heterocycles. The van der Waals surface area contributed by atoms with E-state index in [0.29, 0.717) is 42.4 Å². The molecule has 0 aromatic heterocycles. The van der Waals surface area contributed by atoms with Crippen molar-refractivity contribution in [2.45, 2.75) is 17.9 Å². The van der Waals surface area contributed by atoms with E-state index in [1.807, 2.05) is 6.07 Å². The number of nitrogens with zero attached hydrogens (tertiary/aromatic N) is 1. The Kier molecular flexibility index (Phi) is 4.89. The van der Waals surface area contributed by atoms with Crippen molar-refractivity contribution >= 4 is 34.8 Å². The van der Waals surface area contributed by atoms with E-state index in [-0.39, 0.29) is 16.8 Å². The van der Waals surface area contributed by atoms with E-state index in [0.717, 1.165) is 5.56 Å². The molecule has 4 nitrogen and oxygen atoms in total. The normalized spacial score (nSPS) is 24.4. The largest absolute Gasteiger partial charge is 0.383 e. The zero-order chi connectivity index (χ0) is 19.2. The molecule has 4 rings (SSSR count). The Bertz CT molecular complexity index is 908. The number of benzene rings is 2. The van der Waals surface area contributed by atoms with Crippen LogP contribution in [0.3, 0.4) is 0 Å². The molecule has 2 atom stereocenters. The van der Waals surface area contributed by atoms with Crippen LogP contribution in [0.15, 0.2) is 36.4 Å². The lowest BCUT2D eigenvalue weighted by atomic mass is 9.75. The highest BCUT2D eigenvalue weighted by Gasteiger charge is 2.60. The van der Waals surface area contributed by atoms with E-state index in [1.165, 1.54) is 6.07 Å². The number of halogens is 3. The SMILES string of the molecule is COCCN1CC[C@H](c2cccc(Cl)c2F)[C@]12C(=O)Nc1cc(Cl)ccc12. The number of carbonyl (C=O) groups excluding carboxylic acids is 1. The smallest absolute Gasteiger partial charge is 0.250 e. The Labute approximate surface area is 167 Å². The van der Waals surface area contributed by atoms with E-state index >= 15 is 0 Å². The van der Waals surface area contributed by atoms with E-state index in [4.69, 9.17) is 27.9 Å². The van der Waals surface area contributed by atoms with Gasteiger partial charge in [0.15, 0.2) is 0 Å². The van der Waals surface area contributed by atoms with Crippen LogP contribution in [0.2, 0.25) is 10.0 Å². The van der Waals surface area contributed by atoms with E-state index in [9.17, 15) is 9.18 Å². The van der Waals surface area contributed by atoms with Crippen LogP contribution < -0.4 is 5.32 Å². The number of carbonyl (C=O) groups is 1. The maximum Gasteiger partial charge on any atom is 0.250 e. The fourth-order valence-corrected chi connectivity index (χ4v) is 4.86. The van der Waals surface area contributed by atoms with Crippen molar-refractivity contribution in [2.75, 3.05) is 32.1 Å². The van der Waals surface area contributed by atoms with Crippen molar-refractivity contribution in [3.8, 4) is 0 Å². The second-order valence-corrected chi connectivity index (χ2v) is 7.72. The summed E-state index contributed by atoms with van der Waals surface area (Å²) in [6.07, 6.45) is 0.635. The van der Waals surface area contributed by atoms with E-state index in [2.05, 4.69) is 10.2 Å². The number of anilines is 1. The van der Waals surface area contributed by atoms with Gasteiger partial charge in [0.2, 0.25) is 5.91 Å². The van der Waals surface area contributed by atoms with Gasteiger partial charge in [-0.25, -0.2) is 4.39 Å². The predicted octanol–water partition coefficient (Wildman–Crippen LogP) is 4.42. The van der Waals surface area contributed by atoms with Crippen molar-refractivity contribution in [2.24, 2.45) is 0 Å². The van der Waals surface area contributed by atoms with Crippen molar-refractivity contribution < 1.29 is 13.9 Å². The third-order valence-corrected chi connectivity index (χ3v) is 6.13. The number of ether oxygens (including phenoxy) is 1. The molecule has 1 N–H and O–H groups in total. The van der Waals surface area contributed by atoms with Gasteiger partial charge in [-0.1, -0.05) is 41.4 Å². The Balaban J connectivity index is 1.91. The van der Waals surface area contributed by atoms with Crippen molar-refractivity contribution in [1.29, 1.82) is 0 Å². The van der Waals surface area contributed by atoms with Gasteiger partial charge in [-0.15, -0.1) is 0 Å². The molecule has 2 heterocycles. The molecular weight excluding hydrogens is 390 g/mol. The number of amides is 1. The van der Waals surface area contributed by atoms with Crippen LogP contribution in [-0.4, -0.2) is 37.6 Å². The second-order valence-electron chi connectivity index (χ2n) is 6.87.